The molecule has 3 nitrogen and oxygen atoms in total. The maximum absolute atomic E-state index is 9.91. The van der Waals surface area contributed by atoms with E-state index in [9.17, 15) is 10.1 Å². The van der Waals surface area contributed by atoms with Gasteiger partial charge in [0.05, 0.1) is 0 Å². The quantitative estimate of drug-likeness (QED) is 0.429. The van der Waals surface area contributed by atoms with Gasteiger partial charge >= 0.3 is 75.0 Å². The van der Waals surface area contributed by atoms with Gasteiger partial charge in [-0.15, -0.1) is 0 Å². The first-order chi connectivity index (χ1) is 4.20. The van der Waals surface area contributed by atoms with Gasteiger partial charge in [-0.25, -0.2) is 0 Å². The molecule has 0 heterocycles. The summed E-state index contributed by atoms with van der Waals surface area (Å²) in [4.78, 5) is 13.9. The Morgan fingerprint density at radius 2 is 2.00 bits per heavy atom. The number of rotatable bonds is 3. The first-order valence-electron chi connectivity index (χ1n) is 2.41. The predicted octanol–water partition coefficient (Wildman–Crippen LogP) is 0.567. The van der Waals surface area contributed by atoms with Crippen LogP contribution < -0.4 is 0 Å². The minimum absolute atomic E-state index is 0.315. The van der Waals surface area contributed by atoms with E-state index in [-0.39, 0.29) is 4.92 Å². The van der Waals surface area contributed by atoms with E-state index in [0.717, 1.165) is 0 Å². The molecule has 0 bridgehead atoms. The second kappa shape index (κ2) is 5.52. The molecular formula is C4H7NO2Sn2. The van der Waals surface area contributed by atoms with Crippen molar-refractivity contribution in [1.82, 2.24) is 0 Å². The number of nitro groups is 1. The van der Waals surface area contributed by atoms with Crippen molar-refractivity contribution in [3.63, 3.8) is 0 Å². The van der Waals surface area contributed by atoms with Crippen molar-refractivity contribution in [1.29, 1.82) is 0 Å². The monoisotopic (exact) mass is 341 g/mol. The van der Waals surface area contributed by atoms with Gasteiger partial charge in [0.25, 0.3) is 0 Å². The normalized spacial score (nSPS) is 8.67. The fourth-order valence-corrected chi connectivity index (χ4v) is 7.20. The van der Waals surface area contributed by atoms with E-state index < -0.39 is 42.3 Å². The predicted molar refractivity (Wildman–Crippen MR) is 38.3 cm³/mol. The third kappa shape index (κ3) is 5.20. The van der Waals surface area contributed by atoms with Gasteiger partial charge in [0.1, 0.15) is 0 Å². The molecule has 5 heteroatoms. The van der Waals surface area contributed by atoms with Gasteiger partial charge in [-0.05, 0) is 0 Å². The van der Waals surface area contributed by atoms with E-state index in [1.54, 1.807) is 0 Å². The summed E-state index contributed by atoms with van der Waals surface area (Å²) in [5.41, 5.74) is 0. The number of hydrogen-bond acceptors (Lipinski definition) is 2. The van der Waals surface area contributed by atoms with Crippen LogP contribution in [0.3, 0.4) is 0 Å². The molecule has 0 saturated carbocycles. The fraction of sp³-hybridized carbons (Fsp3) is 0.500. The Bertz CT molecular complexity index is 129. The van der Waals surface area contributed by atoms with Gasteiger partial charge in [-0.3, -0.25) is 0 Å². The van der Waals surface area contributed by atoms with Crippen LogP contribution in [0.4, 0.5) is 0 Å². The van der Waals surface area contributed by atoms with E-state index in [1.807, 2.05) is 0 Å². The zero-order chi connectivity index (χ0) is 7.28. The van der Waals surface area contributed by atoms with Crippen LogP contribution in [0.25, 0.3) is 0 Å². The Kier molecular flexibility index (Phi) is 5.97. The van der Waals surface area contributed by atoms with Crippen molar-refractivity contribution in [3.8, 4) is 0 Å². The van der Waals surface area contributed by atoms with Gasteiger partial charge in [0.2, 0.25) is 0 Å². The van der Waals surface area contributed by atoms with Crippen molar-refractivity contribution in [2.75, 3.05) is 0 Å². The van der Waals surface area contributed by atoms with Crippen molar-refractivity contribution in [2.45, 2.75) is 9.88 Å². The third-order valence-corrected chi connectivity index (χ3v) is 14.2. The molecule has 0 aliphatic heterocycles. The van der Waals surface area contributed by atoms with Crippen LogP contribution in [0.15, 0.2) is 7.80 Å². The summed E-state index contributed by atoms with van der Waals surface area (Å²) in [6.45, 7) is 0. The first kappa shape index (κ1) is 9.74. The molecule has 0 aromatic carbocycles. The van der Waals surface area contributed by atoms with Crippen LogP contribution in [0.2, 0.25) is 9.88 Å². The molecular weight excluding hydrogens is 331 g/mol. The molecule has 0 unspecified atom stereocenters. The number of hydrogen-bond donors (Lipinski definition) is 0. The van der Waals surface area contributed by atoms with E-state index >= 15 is 0 Å². The Morgan fingerprint density at radius 3 is 2.11 bits per heavy atom. The standard InChI is InChI=1S/C2HNO2.2CH3.2Sn/c1-2-3(4)5;;;;/h2H;2*1H3;;. The SMILES string of the molecule is [CH3][Sn][C](=C[N+](=O)[O-])[Sn][CH3]. The van der Waals surface area contributed by atoms with Gasteiger partial charge < -0.3 is 0 Å². The molecule has 0 fully saturated rings. The maximum atomic E-state index is 9.91. The Morgan fingerprint density at radius 1 is 1.56 bits per heavy atom. The molecule has 9 heavy (non-hydrogen) atoms. The second-order valence-electron chi connectivity index (χ2n) is 1.33. The summed E-state index contributed by atoms with van der Waals surface area (Å²) < 4.78 is 1.23. The van der Waals surface area contributed by atoms with Crippen LogP contribution in [0, 0.1) is 10.1 Å². The van der Waals surface area contributed by atoms with Crippen molar-refractivity contribution >= 4 is 42.3 Å². The molecule has 0 rings (SSSR count). The molecule has 0 aliphatic carbocycles. The van der Waals surface area contributed by atoms with E-state index in [0.29, 0.717) is 0 Å². The molecule has 0 saturated heterocycles. The van der Waals surface area contributed by atoms with Crippen LogP contribution in [-0.2, 0) is 0 Å². The molecule has 0 aromatic rings. The average molecular weight is 339 g/mol. The summed E-state index contributed by atoms with van der Waals surface area (Å²) in [6.07, 6.45) is 1.23. The number of nitrogens with zero attached hydrogens (tertiary/aromatic N) is 1. The van der Waals surface area contributed by atoms with Crippen LogP contribution >= 0.6 is 0 Å². The molecule has 0 amide bonds. The summed E-state index contributed by atoms with van der Waals surface area (Å²) in [5, 5.41) is 9.91. The van der Waals surface area contributed by atoms with E-state index in [2.05, 4.69) is 9.88 Å². The van der Waals surface area contributed by atoms with Crippen molar-refractivity contribution < 1.29 is 4.92 Å². The summed E-state index contributed by atoms with van der Waals surface area (Å²) in [5.74, 6) is 0. The zero-order valence-corrected chi connectivity index (χ0v) is 11.0. The second-order valence-corrected chi connectivity index (χ2v) is 11.3. The van der Waals surface area contributed by atoms with Gasteiger partial charge in [0.15, 0.2) is 0 Å². The molecule has 4 radical (unpaired) electrons. The molecule has 48 valence electrons. The van der Waals surface area contributed by atoms with E-state index in [1.165, 1.54) is 7.80 Å². The average Bonchev–Trinajstić information content (AvgIpc) is 1.82. The van der Waals surface area contributed by atoms with Gasteiger partial charge in [-0.2, -0.15) is 0 Å². The van der Waals surface area contributed by atoms with Crippen LogP contribution in [0.1, 0.15) is 0 Å². The van der Waals surface area contributed by atoms with Crippen molar-refractivity contribution in [2.24, 2.45) is 0 Å². The topological polar surface area (TPSA) is 43.1 Å². The van der Waals surface area contributed by atoms with E-state index in [4.69, 9.17) is 0 Å². The fourth-order valence-electron chi connectivity index (χ4n) is 0.360. The Hall–Kier alpha value is 0.737. The minimum atomic E-state index is -0.460. The molecule has 0 spiro atoms. The van der Waals surface area contributed by atoms with Crippen LogP contribution in [0.5, 0.6) is 0 Å². The molecule has 0 atom stereocenters. The van der Waals surface area contributed by atoms with Crippen molar-refractivity contribution in [3.05, 3.63) is 17.9 Å². The summed E-state index contributed by atoms with van der Waals surface area (Å²) in [6, 6.07) is 0. The summed E-state index contributed by atoms with van der Waals surface area (Å²) >= 11 is -0.919. The molecule has 0 aliphatic rings. The zero-order valence-electron chi connectivity index (χ0n) is 5.34. The van der Waals surface area contributed by atoms with Gasteiger partial charge in [0, 0.05) is 0 Å². The van der Waals surface area contributed by atoms with Crippen LogP contribution in [-0.4, -0.2) is 47.2 Å². The summed E-state index contributed by atoms with van der Waals surface area (Å²) in [7, 11) is 0. The molecule has 0 N–H and O–H groups in total. The third-order valence-electron chi connectivity index (χ3n) is 0.773. The Labute approximate surface area is 74.5 Å². The first-order valence-corrected chi connectivity index (χ1v) is 11.0. The Balaban J connectivity index is 3.91. The molecule has 0 aromatic heterocycles. The van der Waals surface area contributed by atoms with Gasteiger partial charge in [-0.1, -0.05) is 0 Å².